The second-order valence-electron chi connectivity index (χ2n) is 4.20. The summed E-state index contributed by atoms with van der Waals surface area (Å²) >= 11 is 0. The SMILES string of the molecule is Cc1cncc(C(=O)CCc2cnn(C)c2)c1. The number of pyridine rings is 1. The van der Waals surface area contributed by atoms with E-state index in [1.165, 1.54) is 0 Å². The molecular weight excluding hydrogens is 214 g/mol. The first-order valence-corrected chi connectivity index (χ1v) is 5.57. The van der Waals surface area contributed by atoms with Crippen molar-refractivity contribution in [2.75, 3.05) is 0 Å². The van der Waals surface area contributed by atoms with Crippen LogP contribution in [0.2, 0.25) is 0 Å². The lowest BCUT2D eigenvalue weighted by Crippen LogP contribution is -2.02. The van der Waals surface area contributed by atoms with E-state index in [9.17, 15) is 4.79 Å². The molecule has 2 aromatic heterocycles. The standard InChI is InChI=1S/C13H15N3O/c1-10-5-12(8-14-6-10)13(17)4-3-11-7-15-16(2)9-11/h5-9H,3-4H2,1-2H3. The molecule has 0 aliphatic carbocycles. The fourth-order valence-corrected chi connectivity index (χ4v) is 1.71. The van der Waals surface area contributed by atoms with Crippen LogP contribution in [0.25, 0.3) is 0 Å². The molecule has 4 heteroatoms. The minimum atomic E-state index is 0.130. The highest BCUT2D eigenvalue weighted by Gasteiger charge is 2.07. The highest BCUT2D eigenvalue weighted by atomic mass is 16.1. The summed E-state index contributed by atoms with van der Waals surface area (Å²) in [5, 5.41) is 4.07. The van der Waals surface area contributed by atoms with Crippen molar-refractivity contribution < 1.29 is 4.79 Å². The molecule has 0 aliphatic heterocycles. The Bertz CT molecular complexity index is 531. The van der Waals surface area contributed by atoms with E-state index < -0.39 is 0 Å². The Morgan fingerprint density at radius 1 is 1.35 bits per heavy atom. The van der Waals surface area contributed by atoms with Gasteiger partial charge in [0.05, 0.1) is 6.20 Å². The lowest BCUT2D eigenvalue weighted by atomic mass is 10.1. The van der Waals surface area contributed by atoms with Crippen molar-refractivity contribution in [2.24, 2.45) is 7.05 Å². The lowest BCUT2D eigenvalue weighted by molar-refractivity contribution is 0.0982. The molecule has 0 atom stereocenters. The third-order valence-corrected chi connectivity index (χ3v) is 2.60. The molecule has 0 fully saturated rings. The molecule has 88 valence electrons. The normalized spacial score (nSPS) is 10.5. The molecule has 0 spiro atoms. The smallest absolute Gasteiger partial charge is 0.164 e. The van der Waals surface area contributed by atoms with Gasteiger partial charge in [0.15, 0.2) is 5.78 Å². The van der Waals surface area contributed by atoms with Crippen LogP contribution in [0.15, 0.2) is 30.9 Å². The molecular formula is C13H15N3O. The molecule has 17 heavy (non-hydrogen) atoms. The average molecular weight is 229 g/mol. The molecule has 0 bridgehead atoms. The van der Waals surface area contributed by atoms with E-state index in [1.807, 2.05) is 26.2 Å². The van der Waals surface area contributed by atoms with Crippen molar-refractivity contribution in [1.82, 2.24) is 14.8 Å². The van der Waals surface area contributed by atoms with Crippen molar-refractivity contribution in [3.8, 4) is 0 Å². The lowest BCUT2D eigenvalue weighted by Gasteiger charge is -2.00. The second kappa shape index (κ2) is 4.91. The maximum absolute atomic E-state index is 11.9. The Morgan fingerprint density at radius 2 is 2.18 bits per heavy atom. The quantitative estimate of drug-likeness (QED) is 0.753. The van der Waals surface area contributed by atoms with E-state index >= 15 is 0 Å². The second-order valence-corrected chi connectivity index (χ2v) is 4.20. The van der Waals surface area contributed by atoms with Gasteiger partial charge in [-0.05, 0) is 30.5 Å². The summed E-state index contributed by atoms with van der Waals surface area (Å²) in [4.78, 5) is 15.9. The first-order chi connectivity index (χ1) is 8.15. The molecule has 0 unspecified atom stereocenters. The van der Waals surface area contributed by atoms with Gasteiger partial charge in [-0.15, -0.1) is 0 Å². The zero-order valence-electron chi connectivity index (χ0n) is 10.1. The molecule has 0 aliphatic rings. The number of rotatable bonds is 4. The monoisotopic (exact) mass is 229 g/mol. The van der Waals surface area contributed by atoms with E-state index in [1.54, 1.807) is 23.3 Å². The van der Waals surface area contributed by atoms with Gasteiger partial charge in [-0.25, -0.2) is 0 Å². The van der Waals surface area contributed by atoms with Crippen molar-refractivity contribution in [3.05, 3.63) is 47.5 Å². The van der Waals surface area contributed by atoms with Crippen LogP contribution < -0.4 is 0 Å². The van der Waals surface area contributed by atoms with Gasteiger partial charge >= 0.3 is 0 Å². The first-order valence-electron chi connectivity index (χ1n) is 5.57. The van der Waals surface area contributed by atoms with Crippen LogP contribution in [0.5, 0.6) is 0 Å². The molecule has 4 nitrogen and oxygen atoms in total. The summed E-state index contributed by atoms with van der Waals surface area (Å²) in [5.74, 6) is 0.130. The first kappa shape index (κ1) is 11.5. The van der Waals surface area contributed by atoms with Gasteiger partial charge in [-0.2, -0.15) is 5.10 Å². The highest BCUT2D eigenvalue weighted by molar-refractivity contribution is 5.96. The van der Waals surface area contributed by atoms with Crippen LogP contribution in [0, 0.1) is 6.92 Å². The fraction of sp³-hybridized carbons (Fsp3) is 0.308. The number of Topliss-reactive ketones (excluding diaryl/α,β-unsaturated/α-hetero) is 1. The van der Waals surface area contributed by atoms with Crippen molar-refractivity contribution >= 4 is 5.78 Å². The molecule has 0 saturated carbocycles. The number of ketones is 1. The predicted molar refractivity (Wildman–Crippen MR) is 64.8 cm³/mol. The van der Waals surface area contributed by atoms with Gasteiger partial charge < -0.3 is 0 Å². The Hall–Kier alpha value is -1.97. The highest BCUT2D eigenvalue weighted by Crippen LogP contribution is 2.08. The van der Waals surface area contributed by atoms with E-state index in [4.69, 9.17) is 0 Å². The topological polar surface area (TPSA) is 47.8 Å². The average Bonchev–Trinajstić information content (AvgIpc) is 2.72. The third kappa shape index (κ3) is 3.00. The molecule has 0 amide bonds. The number of nitrogens with zero attached hydrogens (tertiary/aromatic N) is 3. The minimum Gasteiger partial charge on any atom is -0.294 e. The summed E-state index contributed by atoms with van der Waals surface area (Å²) in [6, 6.07) is 1.87. The zero-order chi connectivity index (χ0) is 12.3. The molecule has 2 rings (SSSR count). The summed E-state index contributed by atoms with van der Waals surface area (Å²) < 4.78 is 1.74. The molecule has 0 aromatic carbocycles. The summed E-state index contributed by atoms with van der Waals surface area (Å²) in [7, 11) is 1.87. The molecule has 0 saturated heterocycles. The van der Waals surface area contributed by atoms with E-state index in [-0.39, 0.29) is 5.78 Å². The number of hydrogen-bond acceptors (Lipinski definition) is 3. The number of carbonyl (C=O) groups is 1. The van der Waals surface area contributed by atoms with E-state index in [2.05, 4.69) is 10.1 Å². The number of hydrogen-bond donors (Lipinski definition) is 0. The molecule has 0 N–H and O–H groups in total. The minimum absolute atomic E-state index is 0.130. The van der Waals surface area contributed by atoms with Crippen molar-refractivity contribution in [3.63, 3.8) is 0 Å². The largest absolute Gasteiger partial charge is 0.294 e. The van der Waals surface area contributed by atoms with Crippen LogP contribution >= 0.6 is 0 Å². The van der Waals surface area contributed by atoms with E-state index in [0.29, 0.717) is 12.0 Å². The molecule has 0 radical (unpaired) electrons. The Balaban J connectivity index is 1.98. The van der Waals surface area contributed by atoms with Gasteiger partial charge in [-0.1, -0.05) is 0 Å². The molecule has 2 aromatic rings. The Labute approximate surface area is 100 Å². The number of aryl methyl sites for hydroxylation is 3. The number of aromatic nitrogens is 3. The van der Waals surface area contributed by atoms with Crippen LogP contribution in [0.4, 0.5) is 0 Å². The van der Waals surface area contributed by atoms with Gasteiger partial charge in [0.2, 0.25) is 0 Å². The summed E-state index contributed by atoms with van der Waals surface area (Å²) in [6.45, 7) is 1.94. The summed E-state index contributed by atoms with van der Waals surface area (Å²) in [5.41, 5.74) is 2.78. The van der Waals surface area contributed by atoms with Gasteiger partial charge in [0.1, 0.15) is 0 Å². The van der Waals surface area contributed by atoms with Crippen molar-refractivity contribution in [1.29, 1.82) is 0 Å². The van der Waals surface area contributed by atoms with Crippen LogP contribution in [0.1, 0.15) is 27.9 Å². The third-order valence-electron chi connectivity index (χ3n) is 2.60. The maximum Gasteiger partial charge on any atom is 0.164 e. The van der Waals surface area contributed by atoms with Crippen LogP contribution in [-0.2, 0) is 13.5 Å². The number of carbonyl (C=O) groups excluding carboxylic acids is 1. The summed E-state index contributed by atoms with van der Waals surface area (Å²) in [6.07, 6.45) is 8.32. The Morgan fingerprint density at radius 3 is 2.82 bits per heavy atom. The van der Waals surface area contributed by atoms with Crippen LogP contribution in [0.3, 0.4) is 0 Å². The van der Waals surface area contributed by atoms with Gasteiger partial charge in [-0.3, -0.25) is 14.5 Å². The van der Waals surface area contributed by atoms with Gasteiger partial charge in [0, 0.05) is 37.6 Å². The fourth-order valence-electron chi connectivity index (χ4n) is 1.71. The maximum atomic E-state index is 11.9. The predicted octanol–water partition coefficient (Wildman–Crippen LogP) is 1.94. The zero-order valence-corrected chi connectivity index (χ0v) is 10.1. The van der Waals surface area contributed by atoms with Gasteiger partial charge in [0.25, 0.3) is 0 Å². The van der Waals surface area contributed by atoms with Crippen molar-refractivity contribution in [2.45, 2.75) is 19.8 Å². The van der Waals surface area contributed by atoms with E-state index in [0.717, 1.165) is 17.5 Å². The van der Waals surface area contributed by atoms with Crippen LogP contribution in [-0.4, -0.2) is 20.5 Å². The Kier molecular flexibility index (Phi) is 3.32. The molecule has 2 heterocycles.